The average molecular weight is 463 g/mol. The molecule has 33 heavy (non-hydrogen) atoms. The van der Waals surface area contributed by atoms with Crippen molar-refractivity contribution in [3.63, 3.8) is 0 Å². The van der Waals surface area contributed by atoms with Crippen LogP contribution < -0.4 is 0 Å². The summed E-state index contributed by atoms with van der Waals surface area (Å²) in [6.07, 6.45) is 4.40. The number of amides is 1. The van der Waals surface area contributed by atoms with Gasteiger partial charge in [-0.25, -0.2) is 13.2 Å². The molecule has 0 aliphatic carbocycles. The van der Waals surface area contributed by atoms with Gasteiger partial charge in [-0.15, -0.1) is 0 Å². The SMILES string of the molecule is C[C@]1(/C=C/C=C/C#N)[C@H](C(=O)OC(c2ccccc2)c2ccccc2)N2C(=O)C[C@H]2S1(=O)=O. The molecule has 0 radical (unpaired) electrons. The van der Waals surface area contributed by atoms with E-state index in [-0.39, 0.29) is 6.42 Å². The number of fused-ring (bicyclic) bond motifs is 1. The van der Waals surface area contributed by atoms with Gasteiger partial charge in [-0.2, -0.15) is 5.26 Å². The van der Waals surface area contributed by atoms with E-state index < -0.39 is 44.0 Å². The van der Waals surface area contributed by atoms with Gasteiger partial charge >= 0.3 is 5.97 Å². The molecule has 2 aromatic carbocycles. The van der Waals surface area contributed by atoms with Crippen molar-refractivity contribution in [2.24, 2.45) is 0 Å². The van der Waals surface area contributed by atoms with Crippen LogP contribution >= 0.6 is 0 Å². The molecular weight excluding hydrogens is 440 g/mol. The first-order chi connectivity index (χ1) is 15.8. The topological polar surface area (TPSA) is 105 Å². The van der Waals surface area contributed by atoms with Crippen molar-refractivity contribution in [2.45, 2.75) is 35.6 Å². The smallest absolute Gasteiger partial charge is 0.331 e. The second-order valence-electron chi connectivity index (χ2n) is 8.08. The molecule has 8 heteroatoms. The summed E-state index contributed by atoms with van der Waals surface area (Å²) in [6.45, 7) is 1.41. The number of esters is 1. The maximum absolute atomic E-state index is 13.5. The molecule has 0 bridgehead atoms. The van der Waals surface area contributed by atoms with Gasteiger partial charge in [0.2, 0.25) is 5.91 Å². The van der Waals surface area contributed by atoms with Crippen LogP contribution in [0.25, 0.3) is 0 Å². The monoisotopic (exact) mass is 462 g/mol. The molecule has 2 aliphatic rings. The van der Waals surface area contributed by atoms with Gasteiger partial charge in [-0.3, -0.25) is 4.79 Å². The molecule has 2 saturated heterocycles. The summed E-state index contributed by atoms with van der Waals surface area (Å²) >= 11 is 0. The van der Waals surface area contributed by atoms with Crippen LogP contribution in [-0.2, 0) is 24.2 Å². The molecule has 1 amide bonds. The predicted octanol–water partition coefficient (Wildman–Crippen LogP) is 3.07. The van der Waals surface area contributed by atoms with E-state index in [0.29, 0.717) is 0 Å². The van der Waals surface area contributed by atoms with Crippen LogP contribution in [0.5, 0.6) is 0 Å². The van der Waals surface area contributed by atoms with Gasteiger partial charge in [-0.1, -0.05) is 78.9 Å². The van der Waals surface area contributed by atoms with E-state index in [2.05, 4.69) is 0 Å². The number of β-lactam (4-membered cyclic amide) rings is 1. The zero-order valence-electron chi connectivity index (χ0n) is 17.9. The van der Waals surface area contributed by atoms with Gasteiger partial charge in [-0.05, 0) is 18.1 Å². The molecule has 2 aliphatic heterocycles. The first-order valence-electron chi connectivity index (χ1n) is 10.4. The van der Waals surface area contributed by atoms with Crippen molar-refractivity contribution in [3.8, 4) is 6.07 Å². The van der Waals surface area contributed by atoms with Crippen molar-refractivity contribution in [2.75, 3.05) is 0 Å². The second-order valence-corrected chi connectivity index (χ2v) is 10.6. The highest BCUT2D eigenvalue weighted by Gasteiger charge is 2.69. The minimum Gasteiger partial charge on any atom is -0.451 e. The average Bonchev–Trinajstić information content (AvgIpc) is 2.96. The first-order valence-corrected chi connectivity index (χ1v) is 11.9. The number of hydrogen-bond acceptors (Lipinski definition) is 6. The molecule has 0 saturated carbocycles. The quantitative estimate of drug-likeness (QED) is 0.283. The summed E-state index contributed by atoms with van der Waals surface area (Å²) in [7, 11) is -3.91. The lowest BCUT2D eigenvalue weighted by Crippen LogP contribution is -2.57. The Morgan fingerprint density at radius 3 is 2.21 bits per heavy atom. The van der Waals surface area contributed by atoms with Gasteiger partial charge in [0.1, 0.15) is 10.1 Å². The normalized spacial score (nSPS) is 25.7. The van der Waals surface area contributed by atoms with Crippen LogP contribution in [0.3, 0.4) is 0 Å². The number of allylic oxidation sites excluding steroid dienone is 3. The number of carbonyl (C=O) groups is 2. The van der Waals surface area contributed by atoms with Crippen molar-refractivity contribution in [1.82, 2.24) is 4.90 Å². The van der Waals surface area contributed by atoms with Crippen LogP contribution in [0.15, 0.2) is 85.0 Å². The highest BCUT2D eigenvalue weighted by molar-refractivity contribution is 7.94. The molecule has 0 spiro atoms. The molecule has 2 heterocycles. The minimum absolute atomic E-state index is 0.162. The lowest BCUT2D eigenvalue weighted by atomic mass is 9.95. The molecule has 2 fully saturated rings. The predicted molar refractivity (Wildman–Crippen MR) is 121 cm³/mol. The van der Waals surface area contributed by atoms with E-state index in [1.807, 2.05) is 66.7 Å². The van der Waals surface area contributed by atoms with E-state index in [0.717, 1.165) is 16.0 Å². The van der Waals surface area contributed by atoms with Crippen LogP contribution in [0.1, 0.15) is 30.6 Å². The van der Waals surface area contributed by atoms with Gasteiger partial charge in [0.15, 0.2) is 22.0 Å². The van der Waals surface area contributed by atoms with Gasteiger partial charge in [0, 0.05) is 6.08 Å². The van der Waals surface area contributed by atoms with Crippen LogP contribution in [0.4, 0.5) is 0 Å². The third-order valence-corrected chi connectivity index (χ3v) is 8.81. The summed E-state index contributed by atoms with van der Waals surface area (Å²) in [5.41, 5.74) is 1.44. The number of nitriles is 1. The Kier molecular flexibility index (Phi) is 5.91. The number of ether oxygens (including phenoxy) is 1. The highest BCUT2D eigenvalue weighted by Crippen LogP contribution is 2.47. The number of hydrogen-bond donors (Lipinski definition) is 0. The Labute approximate surface area is 192 Å². The van der Waals surface area contributed by atoms with Crippen LogP contribution in [0.2, 0.25) is 0 Å². The Morgan fingerprint density at radius 2 is 1.70 bits per heavy atom. The van der Waals surface area contributed by atoms with E-state index in [1.165, 1.54) is 31.2 Å². The lowest BCUT2D eigenvalue weighted by Gasteiger charge is -2.36. The molecular formula is C25H22N2O5S. The zero-order valence-corrected chi connectivity index (χ0v) is 18.7. The fourth-order valence-corrected chi connectivity index (χ4v) is 6.61. The van der Waals surface area contributed by atoms with Crippen molar-refractivity contribution in [1.29, 1.82) is 5.26 Å². The standard InChI is InChI=1S/C25H22N2O5S/c1-25(15-9-4-10-16-26)23(27-20(28)17-21(27)33(25,30)31)24(29)32-22(18-11-5-2-6-12-18)19-13-7-3-8-14-19/h2-15,21-23H,17H2,1H3/b10-4+,15-9+/t21-,23+,25+/m1/s1. The van der Waals surface area contributed by atoms with E-state index >= 15 is 0 Å². The summed E-state index contributed by atoms with van der Waals surface area (Å²) in [4.78, 5) is 27.0. The Hall–Kier alpha value is -3.70. The number of benzene rings is 2. The molecule has 168 valence electrons. The van der Waals surface area contributed by atoms with E-state index in [9.17, 15) is 18.0 Å². The molecule has 3 atom stereocenters. The largest absolute Gasteiger partial charge is 0.451 e. The van der Waals surface area contributed by atoms with Gasteiger partial charge in [0.25, 0.3) is 0 Å². The first kappa shape index (κ1) is 22.5. The van der Waals surface area contributed by atoms with E-state index in [4.69, 9.17) is 10.00 Å². The third-order valence-electron chi connectivity index (χ3n) is 6.11. The van der Waals surface area contributed by atoms with Crippen molar-refractivity contribution in [3.05, 3.63) is 96.1 Å². The zero-order chi connectivity index (χ0) is 23.6. The van der Waals surface area contributed by atoms with E-state index in [1.54, 1.807) is 0 Å². The van der Waals surface area contributed by atoms with Crippen molar-refractivity contribution < 1.29 is 22.7 Å². The summed E-state index contributed by atoms with van der Waals surface area (Å²) in [6, 6.07) is 18.7. The van der Waals surface area contributed by atoms with Crippen molar-refractivity contribution >= 4 is 21.7 Å². The molecule has 0 unspecified atom stereocenters. The third kappa shape index (κ3) is 3.74. The highest BCUT2D eigenvalue weighted by atomic mass is 32.2. The number of sulfone groups is 1. The molecule has 4 rings (SSSR count). The maximum atomic E-state index is 13.5. The van der Waals surface area contributed by atoms with Crippen LogP contribution in [-0.4, -0.2) is 41.4 Å². The molecule has 0 aromatic heterocycles. The number of nitrogens with zero attached hydrogens (tertiary/aromatic N) is 2. The summed E-state index contributed by atoms with van der Waals surface area (Å²) < 4.78 is 30.8. The van der Waals surface area contributed by atoms with Crippen LogP contribution in [0, 0.1) is 11.3 Å². The number of rotatable bonds is 6. The van der Waals surface area contributed by atoms with Gasteiger partial charge < -0.3 is 9.64 Å². The maximum Gasteiger partial charge on any atom is 0.331 e. The Bertz CT molecular complexity index is 1230. The molecule has 0 N–H and O–H groups in total. The summed E-state index contributed by atoms with van der Waals surface area (Å²) in [5.74, 6) is -1.21. The van der Waals surface area contributed by atoms with Gasteiger partial charge in [0.05, 0.1) is 12.5 Å². The fraction of sp³-hybridized carbons (Fsp3) is 0.240. The fourth-order valence-electron chi connectivity index (χ4n) is 4.34. The number of carbonyl (C=O) groups excluding carboxylic acids is 2. The Morgan fingerprint density at radius 1 is 1.12 bits per heavy atom. The minimum atomic E-state index is -3.91. The lowest BCUT2D eigenvalue weighted by molar-refractivity contribution is -0.163. The summed E-state index contributed by atoms with van der Waals surface area (Å²) in [5, 5.41) is 7.63. The Balaban J connectivity index is 1.74. The molecule has 2 aromatic rings. The molecule has 7 nitrogen and oxygen atoms in total. The second kappa shape index (κ2) is 8.68.